The van der Waals surface area contributed by atoms with Crippen LogP contribution >= 0.6 is 0 Å². The van der Waals surface area contributed by atoms with E-state index in [9.17, 15) is 4.21 Å². The lowest BCUT2D eigenvalue weighted by molar-refractivity contribution is 0.122. The monoisotopic (exact) mass is 403 g/mol. The number of nitrogens with one attached hydrogen (secondary N) is 1. The van der Waals surface area contributed by atoms with Crippen LogP contribution in [0.4, 0.5) is 5.82 Å². The van der Waals surface area contributed by atoms with Crippen LogP contribution in [-0.4, -0.2) is 57.1 Å². The smallest absolute Gasteiger partial charge is 0.232 e. The summed E-state index contributed by atoms with van der Waals surface area (Å²) in [5.74, 6) is 7.41. The van der Waals surface area contributed by atoms with Crippen molar-refractivity contribution in [1.82, 2.24) is 19.7 Å². The number of methoxy groups -OCH3 is 1. The van der Waals surface area contributed by atoms with Crippen molar-refractivity contribution in [1.29, 1.82) is 0 Å². The van der Waals surface area contributed by atoms with E-state index in [1.54, 1.807) is 18.6 Å². The van der Waals surface area contributed by atoms with Crippen molar-refractivity contribution >= 4 is 17.1 Å². The molecule has 1 fully saturated rings. The first-order valence-corrected chi connectivity index (χ1v) is 9.72. The molecule has 0 radical (unpaired) electrons. The molecule has 1 aliphatic heterocycles. The summed E-state index contributed by atoms with van der Waals surface area (Å²) < 4.78 is 32.8. The Bertz CT molecular complexity index is 922. The number of morpholine rings is 1. The third kappa shape index (κ3) is 5.02. The number of pyridine rings is 1. The normalized spacial score (nSPS) is 14.9. The number of aryl methyl sites for hydroxylation is 1. The zero-order valence-electron chi connectivity index (χ0n) is 15.6. The van der Waals surface area contributed by atoms with Gasteiger partial charge in [-0.2, -0.15) is 0 Å². The second-order valence-corrected chi connectivity index (χ2v) is 6.76. The van der Waals surface area contributed by atoms with E-state index < -0.39 is 11.3 Å². The third-order valence-electron chi connectivity index (χ3n) is 4.16. The number of nitrogens with zero attached hydrogens (tertiary/aromatic N) is 4. The molecule has 0 spiro atoms. The third-order valence-corrected chi connectivity index (χ3v) is 4.56. The number of hydrogen-bond acceptors (Lipinski definition) is 7. The summed E-state index contributed by atoms with van der Waals surface area (Å²) in [7, 11) is 1.49. The van der Waals surface area contributed by atoms with Crippen LogP contribution < -0.4 is 14.4 Å². The number of ether oxygens (including phenoxy) is 2. The van der Waals surface area contributed by atoms with Crippen LogP contribution in [0.25, 0.3) is 0 Å². The summed E-state index contributed by atoms with van der Waals surface area (Å²) in [6, 6.07) is 1.77. The minimum absolute atomic E-state index is 0.126. The molecular weight excluding hydrogens is 382 g/mol. The van der Waals surface area contributed by atoms with Crippen molar-refractivity contribution in [2.45, 2.75) is 13.5 Å². The number of aromatic nitrogens is 3. The Balaban J connectivity index is 1.91. The van der Waals surface area contributed by atoms with E-state index in [1.165, 1.54) is 7.11 Å². The molecule has 28 heavy (non-hydrogen) atoms. The molecular formula is C18H21N5O4S. The summed E-state index contributed by atoms with van der Waals surface area (Å²) >= 11 is -2.13. The lowest BCUT2D eigenvalue weighted by atomic mass is 10.1. The van der Waals surface area contributed by atoms with E-state index in [2.05, 4.69) is 36.4 Å². The molecule has 0 bridgehead atoms. The molecule has 3 heterocycles. The van der Waals surface area contributed by atoms with E-state index in [1.807, 2.05) is 6.92 Å². The number of anilines is 1. The first-order valence-electron chi connectivity index (χ1n) is 8.62. The number of rotatable bonds is 5. The average Bonchev–Trinajstić information content (AvgIpc) is 2.72. The van der Waals surface area contributed by atoms with E-state index in [4.69, 9.17) is 14.0 Å². The van der Waals surface area contributed by atoms with Gasteiger partial charge in [0.05, 0.1) is 31.6 Å². The van der Waals surface area contributed by atoms with Gasteiger partial charge in [0.2, 0.25) is 17.1 Å². The molecule has 1 saturated heterocycles. The van der Waals surface area contributed by atoms with E-state index in [0.29, 0.717) is 30.2 Å². The van der Waals surface area contributed by atoms with Crippen LogP contribution in [0.3, 0.4) is 0 Å². The predicted molar refractivity (Wildman–Crippen MR) is 104 cm³/mol. The van der Waals surface area contributed by atoms with E-state index in [0.717, 1.165) is 30.2 Å². The van der Waals surface area contributed by atoms with Crippen LogP contribution in [0.2, 0.25) is 0 Å². The fourth-order valence-corrected chi connectivity index (χ4v) is 3.05. The van der Waals surface area contributed by atoms with Gasteiger partial charge in [-0.1, -0.05) is 11.8 Å². The lowest BCUT2D eigenvalue weighted by Gasteiger charge is -2.28. The first-order chi connectivity index (χ1) is 13.6. The van der Waals surface area contributed by atoms with Gasteiger partial charge in [0.25, 0.3) is 0 Å². The van der Waals surface area contributed by atoms with Crippen LogP contribution in [0.5, 0.6) is 5.88 Å². The summed E-state index contributed by atoms with van der Waals surface area (Å²) in [5.41, 5.74) is 2.84. The van der Waals surface area contributed by atoms with Crippen LogP contribution in [0.1, 0.15) is 22.4 Å². The second-order valence-electron chi connectivity index (χ2n) is 5.97. The first kappa shape index (κ1) is 20.2. The second kappa shape index (κ2) is 9.57. The number of hydrogen-bond donors (Lipinski definition) is 2. The molecule has 3 rings (SSSR count). The van der Waals surface area contributed by atoms with Gasteiger partial charge in [-0.25, -0.2) is 23.9 Å². The largest absolute Gasteiger partial charge is 0.481 e. The van der Waals surface area contributed by atoms with Gasteiger partial charge in [0, 0.05) is 37.0 Å². The highest BCUT2D eigenvalue weighted by atomic mass is 32.2. The minimum atomic E-state index is -2.13. The van der Waals surface area contributed by atoms with Crippen molar-refractivity contribution in [2.75, 3.05) is 38.3 Å². The Morgan fingerprint density at radius 3 is 2.82 bits per heavy atom. The quantitative estimate of drug-likeness (QED) is 0.553. The van der Waals surface area contributed by atoms with Gasteiger partial charge in [-0.05, 0) is 13.0 Å². The van der Waals surface area contributed by atoms with Gasteiger partial charge in [0.1, 0.15) is 12.1 Å². The highest BCUT2D eigenvalue weighted by molar-refractivity contribution is 7.77. The zero-order chi connectivity index (χ0) is 19.9. The van der Waals surface area contributed by atoms with Gasteiger partial charge in [0.15, 0.2) is 0 Å². The Labute approximate surface area is 165 Å². The molecule has 148 valence electrons. The van der Waals surface area contributed by atoms with Crippen molar-refractivity contribution in [3.8, 4) is 17.7 Å². The topological polar surface area (TPSA) is 110 Å². The van der Waals surface area contributed by atoms with Gasteiger partial charge >= 0.3 is 0 Å². The summed E-state index contributed by atoms with van der Waals surface area (Å²) in [5, 5.41) is 0. The van der Waals surface area contributed by atoms with Crippen LogP contribution in [-0.2, 0) is 22.5 Å². The molecule has 0 aliphatic carbocycles. The predicted octanol–water partition coefficient (Wildman–Crippen LogP) is 0.651. The van der Waals surface area contributed by atoms with E-state index in [-0.39, 0.29) is 6.54 Å². The highest BCUT2D eigenvalue weighted by Crippen LogP contribution is 2.20. The Hall–Kier alpha value is -2.58. The molecule has 10 heteroatoms. The fraction of sp³-hybridized carbons (Fsp3) is 0.389. The summed E-state index contributed by atoms with van der Waals surface area (Å²) in [6.45, 7) is 4.84. The maximum Gasteiger partial charge on any atom is 0.232 e. The lowest BCUT2D eigenvalue weighted by Crippen LogP contribution is -2.37. The van der Waals surface area contributed by atoms with Crippen molar-refractivity contribution in [3.63, 3.8) is 0 Å². The zero-order valence-corrected chi connectivity index (χ0v) is 16.5. The molecule has 0 amide bonds. The standard InChI is InChI=1S/C18H21N5O4S/c1-13-16(17(21-12-20-13)23-5-7-27-8-6-23)4-3-14-9-15(11-22-28(24)25)18(26-2)19-10-14/h9-10,12,22H,5-8,11H2,1-2H3,(H,24,25). The SMILES string of the molecule is COc1ncc(C#Cc2c(C)ncnc2N2CCOCC2)cc1CNS(=O)O. The molecule has 1 atom stereocenters. The highest BCUT2D eigenvalue weighted by Gasteiger charge is 2.17. The molecule has 0 saturated carbocycles. The van der Waals surface area contributed by atoms with Crippen molar-refractivity contribution < 1.29 is 18.2 Å². The molecule has 1 unspecified atom stereocenters. The molecule has 1 aliphatic rings. The Kier molecular flexibility index (Phi) is 6.89. The summed E-state index contributed by atoms with van der Waals surface area (Å²) in [6.07, 6.45) is 3.14. The fourth-order valence-electron chi connectivity index (χ4n) is 2.77. The maximum atomic E-state index is 10.9. The molecule has 2 N–H and O–H groups in total. The molecule has 2 aromatic rings. The Morgan fingerprint density at radius 2 is 2.11 bits per heavy atom. The van der Waals surface area contributed by atoms with Gasteiger partial charge < -0.3 is 14.4 Å². The Morgan fingerprint density at radius 1 is 1.32 bits per heavy atom. The maximum absolute atomic E-state index is 10.9. The van der Waals surface area contributed by atoms with Gasteiger partial charge in [-0.3, -0.25) is 4.55 Å². The minimum Gasteiger partial charge on any atom is -0.481 e. The van der Waals surface area contributed by atoms with Crippen molar-refractivity contribution in [3.05, 3.63) is 41.0 Å². The molecule has 9 nitrogen and oxygen atoms in total. The van der Waals surface area contributed by atoms with Crippen LogP contribution in [0.15, 0.2) is 18.6 Å². The average molecular weight is 403 g/mol. The van der Waals surface area contributed by atoms with Crippen LogP contribution in [0, 0.1) is 18.8 Å². The summed E-state index contributed by atoms with van der Waals surface area (Å²) in [4.78, 5) is 15.0. The molecule has 0 aromatic carbocycles. The molecule has 2 aromatic heterocycles. The van der Waals surface area contributed by atoms with E-state index >= 15 is 0 Å². The van der Waals surface area contributed by atoms with Crippen molar-refractivity contribution in [2.24, 2.45) is 0 Å². The van der Waals surface area contributed by atoms with Gasteiger partial charge in [-0.15, -0.1) is 0 Å².